The molecule has 6 nitrogen and oxygen atoms in total. The summed E-state index contributed by atoms with van der Waals surface area (Å²) in [4.78, 5) is 26.8. The minimum Gasteiger partial charge on any atom is -0.490 e. The van der Waals surface area contributed by atoms with Crippen LogP contribution in [-0.4, -0.2) is 41.0 Å². The molecule has 2 aromatic rings. The fourth-order valence-corrected chi connectivity index (χ4v) is 3.35. The average molecular weight is 412 g/mol. The molecule has 1 aliphatic heterocycles. The first-order valence-electron chi connectivity index (χ1n) is 9.71. The van der Waals surface area contributed by atoms with Crippen LogP contribution >= 0.6 is 12.2 Å². The summed E-state index contributed by atoms with van der Waals surface area (Å²) in [5, 5.41) is 5.81. The lowest BCUT2D eigenvalue weighted by atomic mass is 10.2. The molecule has 1 fully saturated rings. The number of amides is 2. The number of carbonyl (C=O) groups is 2. The van der Waals surface area contributed by atoms with E-state index in [2.05, 4.69) is 10.6 Å². The van der Waals surface area contributed by atoms with E-state index in [9.17, 15) is 9.59 Å². The summed E-state index contributed by atoms with van der Waals surface area (Å²) in [7, 11) is 0. The van der Waals surface area contributed by atoms with E-state index in [-0.39, 0.29) is 23.0 Å². The van der Waals surface area contributed by atoms with Gasteiger partial charge in [0.1, 0.15) is 5.75 Å². The molecule has 0 unspecified atom stereocenters. The molecule has 2 amide bonds. The molecule has 7 heteroatoms. The second kappa shape index (κ2) is 9.52. The molecule has 1 saturated heterocycles. The fraction of sp³-hybridized carbons (Fsp3) is 0.318. The summed E-state index contributed by atoms with van der Waals surface area (Å²) in [6, 6.07) is 14.1. The summed E-state index contributed by atoms with van der Waals surface area (Å²) < 4.78 is 5.68. The van der Waals surface area contributed by atoms with Crippen LogP contribution in [0.3, 0.4) is 0 Å². The van der Waals surface area contributed by atoms with Gasteiger partial charge in [-0.05, 0) is 75.3 Å². The topological polar surface area (TPSA) is 70.7 Å². The van der Waals surface area contributed by atoms with Crippen LogP contribution in [0.1, 0.15) is 47.4 Å². The molecule has 0 bridgehead atoms. The summed E-state index contributed by atoms with van der Waals surface area (Å²) >= 11 is 5.26. The normalized spacial score (nSPS) is 13.3. The van der Waals surface area contributed by atoms with Gasteiger partial charge in [0, 0.05) is 24.3 Å². The lowest BCUT2D eigenvalue weighted by Gasteiger charge is -2.16. The zero-order chi connectivity index (χ0) is 20.8. The Morgan fingerprint density at radius 2 is 1.69 bits per heavy atom. The Bertz CT molecular complexity index is 890. The Balaban J connectivity index is 1.59. The molecule has 0 spiro atoms. The van der Waals surface area contributed by atoms with Crippen molar-refractivity contribution in [2.75, 3.05) is 18.4 Å². The van der Waals surface area contributed by atoms with Gasteiger partial charge in [-0.25, -0.2) is 0 Å². The van der Waals surface area contributed by atoms with Crippen LogP contribution in [0.4, 0.5) is 5.69 Å². The first-order chi connectivity index (χ1) is 13.9. The number of para-hydroxylation sites is 1. The number of nitrogens with one attached hydrogen (secondary N) is 2. The van der Waals surface area contributed by atoms with E-state index in [1.54, 1.807) is 42.5 Å². The van der Waals surface area contributed by atoms with Crippen LogP contribution in [0.5, 0.6) is 5.75 Å². The van der Waals surface area contributed by atoms with E-state index in [1.807, 2.05) is 24.8 Å². The third-order valence-electron chi connectivity index (χ3n) is 4.50. The fourth-order valence-electron chi connectivity index (χ4n) is 3.14. The van der Waals surface area contributed by atoms with Crippen molar-refractivity contribution < 1.29 is 14.3 Å². The summed E-state index contributed by atoms with van der Waals surface area (Å²) in [5.74, 6) is 0.207. The Hall–Kier alpha value is -2.93. The SMILES string of the molecule is CC(C)Oc1ccccc1C(=O)NC(=S)Nc1ccc(C(=O)N2CCCC2)cc1. The second-order valence-corrected chi connectivity index (χ2v) is 7.56. The highest BCUT2D eigenvalue weighted by atomic mass is 32.1. The first kappa shape index (κ1) is 20.8. The van der Waals surface area contributed by atoms with E-state index in [0.717, 1.165) is 25.9 Å². The monoisotopic (exact) mass is 411 g/mol. The maximum Gasteiger partial charge on any atom is 0.261 e. The van der Waals surface area contributed by atoms with Crippen LogP contribution in [0, 0.1) is 0 Å². The number of hydrogen-bond acceptors (Lipinski definition) is 4. The minimum atomic E-state index is -0.348. The second-order valence-electron chi connectivity index (χ2n) is 7.15. The molecule has 29 heavy (non-hydrogen) atoms. The molecule has 0 radical (unpaired) electrons. The highest BCUT2D eigenvalue weighted by molar-refractivity contribution is 7.80. The van der Waals surface area contributed by atoms with Gasteiger partial charge in [0.15, 0.2) is 5.11 Å². The van der Waals surface area contributed by atoms with E-state index in [1.165, 1.54) is 0 Å². The van der Waals surface area contributed by atoms with Gasteiger partial charge in [-0.3, -0.25) is 14.9 Å². The van der Waals surface area contributed by atoms with Gasteiger partial charge < -0.3 is 15.0 Å². The number of nitrogens with zero attached hydrogens (tertiary/aromatic N) is 1. The third-order valence-corrected chi connectivity index (χ3v) is 4.71. The van der Waals surface area contributed by atoms with E-state index < -0.39 is 0 Å². The maximum absolute atomic E-state index is 12.6. The van der Waals surface area contributed by atoms with Crippen molar-refractivity contribution in [1.29, 1.82) is 0 Å². The minimum absolute atomic E-state index is 0.0455. The van der Waals surface area contributed by atoms with Gasteiger partial charge in [0.05, 0.1) is 11.7 Å². The number of hydrogen-bond donors (Lipinski definition) is 2. The Kier molecular flexibility index (Phi) is 6.82. The molecule has 1 aliphatic rings. The van der Waals surface area contributed by atoms with E-state index in [4.69, 9.17) is 17.0 Å². The van der Waals surface area contributed by atoms with Crippen molar-refractivity contribution in [2.45, 2.75) is 32.8 Å². The molecular weight excluding hydrogens is 386 g/mol. The molecule has 2 N–H and O–H groups in total. The summed E-state index contributed by atoms with van der Waals surface area (Å²) in [6.07, 6.45) is 2.07. The molecular formula is C22H25N3O3S. The number of rotatable bonds is 5. The highest BCUT2D eigenvalue weighted by Crippen LogP contribution is 2.19. The standard InChI is InChI=1S/C22H25N3O3S/c1-15(2)28-19-8-4-3-7-18(19)20(26)24-22(29)23-17-11-9-16(10-12-17)21(27)25-13-5-6-14-25/h3-4,7-12,15H,5-6,13-14H2,1-2H3,(H2,23,24,26,29). The lowest BCUT2D eigenvalue weighted by molar-refractivity contribution is 0.0792. The van der Waals surface area contributed by atoms with Gasteiger partial charge in [-0.1, -0.05) is 12.1 Å². The number of likely N-dealkylation sites (tertiary alicyclic amines) is 1. The van der Waals surface area contributed by atoms with E-state index in [0.29, 0.717) is 22.6 Å². The first-order valence-corrected chi connectivity index (χ1v) is 10.1. The summed E-state index contributed by atoms with van der Waals surface area (Å²) in [6.45, 7) is 5.44. The van der Waals surface area contributed by atoms with Crippen molar-refractivity contribution in [3.8, 4) is 5.75 Å². The zero-order valence-corrected chi connectivity index (χ0v) is 17.4. The van der Waals surface area contributed by atoms with Crippen molar-refractivity contribution in [1.82, 2.24) is 10.2 Å². The van der Waals surface area contributed by atoms with Crippen LogP contribution < -0.4 is 15.4 Å². The van der Waals surface area contributed by atoms with Crippen LogP contribution in [-0.2, 0) is 0 Å². The highest BCUT2D eigenvalue weighted by Gasteiger charge is 2.19. The molecule has 2 aromatic carbocycles. The zero-order valence-electron chi connectivity index (χ0n) is 16.6. The van der Waals surface area contributed by atoms with Crippen molar-refractivity contribution >= 4 is 34.8 Å². The van der Waals surface area contributed by atoms with Crippen molar-refractivity contribution in [2.24, 2.45) is 0 Å². The lowest BCUT2D eigenvalue weighted by Crippen LogP contribution is -2.34. The molecule has 0 atom stereocenters. The number of thiocarbonyl (C=S) groups is 1. The average Bonchev–Trinajstić information content (AvgIpc) is 3.22. The summed E-state index contributed by atoms with van der Waals surface area (Å²) in [5.41, 5.74) is 1.75. The number of ether oxygens (including phenoxy) is 1. The van der Waals surface area contributed by atoms with Crippen molar-refractivity contribution in [3.63, 3.8) is 0 Å². The molecule has 0 saturated carbocycles. The Morgan fingerprint density at radius 3 is 2.34 bits per heavy atom. The van der Waals surface area contributed by atoms with Crippen molar-refractivity contribution in [3.05, 3.63) is 59.7 Å². The molecule has 0 aliphatic carbocycles. The van der Waals surface area contributed by atoms with Crippen LogP contribution in [0.25, 0.3) is 0 Å². The number of anilines is 1. The molecule has 152 valence electrons. The third kappa shape index (κ3) is 5.54. The number of benzene rings is 2. The van der Waals surface area contributed by atoms with Gasteiger partial charge in [-0.15, -0.1) is 0 Å². The van der Waals surface area contributed by atoms with Gasteiger partial charge in [0.2, 0.25) is 0 Å². The smallest absolute Gasteiger partial charge is 0.261 e. The van der Waals surface area contributed by atoms with Crippen LogP contribution in [0.15, 0.2) is 48.5 Å². The number of carbonyl (C=O) groups excluding carboxylic acids is 2. The predicted octanol–water partition coefficient (Wildman–Crippen LogP) is 3.84. The Labute approximate surface area is 176 Å². The largest absolute Gasteiger partial charge is 0.490 e. The predicted molar refractivity (Wildman–Crippen MR) is 117 cm³/mol. The maximum atomic E-state index is 12.6. The molecule has 0 aromatic heterocycles. The quantitative estimate of drug-likeness (QED) is 0.732. The van der Waals surface area contributed by atoms with Gasteiger partial charge in [-0.2, -0.15) is 0 Å². The van der Waals surface area contributed by atoms with E-state index >= 15 is 0 Å². The molecule has 3 rings (SSSR count). The van der Waals surface area contributed by atoms with Gasteiger partial charge >= 0.3 is 0 Å². The van der Waals surface area contributed by atoms with Crippen LogP contribution in [0.2, 0.25) is 0 Å². The molecule has 1 heterocycles. The van der Waals surface area contributed by atoms with Gasteiger partial charge in [0.25, 0.3) is 11.8 Å². The Morgan fingerprint density at radius 1 is 1.03 bits per heavy atom.